The van der Waals surface area contributed by atoms with Gasteiger partial charge in [0, 0.05) is 36.4 Å². The van der Waals surface area contributed by atoms with E-state index in [2.05, 4.69) is 10.6 Å². The first-order valence-corrected chi connectivity index (χ1v) is 16.0. The molecule has 0 atom stereocenters. The zero-order chi connectivity index (χ0) is 29.5. The predicted octanol–water partition coefficient (Wildman–Crippen LogP) is 3.45. The lowest BCUT2D eigenvalue weighted by atomic mass is 10.1. The SMILES string of the molecule is CN(C(C)(C)C)S(=O)(=O)CCNC(=O)OCc1ccccc1.O=C(NCCS(=O)(=O)Cl)OCc1ccccc1. The van der Waals surface area contributed by atoms with E-state index >= 15 is 0 Å². The van der Waals surface area contributed by atoms with E-state index in [9.17, 15) is 26.4 Å². The highest BCUT2D eigenvalue weighted by Crippen LogP contribution is 2.15. The van der Waals surface area contributed by atoms with Crippen LogP contribution in [0.25, 0.3) is 0 Å². The molecule has 39 heavy (non-hydrogen) atoms. The number of nitrogens with one attached hydrogen (secondary N) is 2. The maximum atomic E-state index is 12.1. The second-order valence-corrected chi connectivity index (χ2v) is 14.2. The Morgan fingerprint density at radius 1 is 0.769 bits per heavy atom. The van der Waals surface area contributed by atoms with Crippen LogP contribution in [0.4, 0.5) is 9.59 Å². The molecule has 2 aromatic rings. The monoisotopic (exact) mass is 605 g/mol. The number of sulfonamides is 1. The average Bonchev–Trinajstić information content (AvgIpc) is 2.86. The Hall–Kier alpha value is -2.87. The Morgan fingerprint density at radius 3 is 1.51 bits per heavy atom. The van der Waals surface area contributed by atoms with Crippen molar-refractivity contribution in [3.63, 3.8) is 0 Å². The van der Waals surface area contributed by atoms with E-state index in [0.29, 0.717) is 0 Å². The standard InChI is InChI=1S/C15H24N2O4S.C10H12ClNO4S/c1-15(2,3)17(4)22(19,20)11-10-16-14(18)21-12-13-8-6-5-7-9-13;11-17(14,15)7-6-12-10(13)16-8-9-4-2-1-3-5-9/h5-9H,10-12H2,1-4H3,(H,16,18);1-5H,6-8H2,(H,12,13). The number of alkyl carbamates (subject to hydrolysis) is 2. The van der Waals surface area contributed by atoms with E-state index in [4.69, 9.17) is 20.2 Å². The summed E-state index contributed by atoms with van der Waals surface area (Å²) >= 11 is 0. The molecular formula is C25H36ClN3O8S2. The highest BCUT2D eigenvalue weighted by atomic mass is 35.7. The van der Waals surface area contributed by atoms with Crippen molar-refractivity contribution in [3.8, 4) is 0 Å². The third-order valence-corrected chi connectivity index (χ3v) is 8.29. The van der Waals surface area contributed by atoms with Crippen molar-refractivity contribution in [2.24, 2.45) is 0 Å². The highest BCUT2D eigenvalue weighted by Gasteiger charge is 2.28. The summed E-state index contributed by atoms with van der Waals surface area (Å²) in [6.07, 6.45) is -1.30. The number of carbonyl (C=O) groups is 2. The lowest BCUT2D eigenvalue weighted by Crippen LogP contribution is -2.45. The molecule has 14 heteroatoms. The first-order valence-electron chi connectivity index (χ1n) is 11.9. The van der Waals surface area contributed by atoms with Gasteiger partial charge in [0.15, 0.2) is 0 Å². The summed E-state index contributed by atoms with van der Waals surface area (Å²) in [5, 5.41) is 4.73. The largest absolute Gasteiger partial charge is 0.445 e. The van der Waals surface area contributed by atoms with Gasteiger partial charge >= 0.3 is 12.2 Å². The molecule has 0 heterocycles. The molecule has 2 N–H and O–H groups in total. The zero-order valence-corrected chi connectivity index (χ0v) is 24.8. The molecule has 218 valence electrons. The summed E-state index contributed by atoms with van der Waals surface area (Å²) < 4.78 is 56.4. The second-order valence-electron chi connectivity index (χ2n) is 9.17. The molecule has 0 radical (unpaired) electrons. The molecule has 2 rings (SSSR count). The summed E-state index contributed by atoms with van der Waals surface area (Å²) in [6, 6.07) is 18.4. The zero-order valence-electron chi connectivity index (χ0n) is 22.4. The van der Waals surface area contributed by atoms with Crippen molar-refractivity contribution in [3.05, 3.63) is 71.8 Å². The van der Waals surface area contributed by atoms with E-state index in [1.54, 1.807) is 0 Å². The van der Waals surface area contributed by atoms with Gasteiger partial charge in [-0.15, -0.1) is 0 Å². The molecule has 0 aliphatic carbocycles. The lowest BCUT2D eigenvalue weighted by molar-refractivity contribution is 0.139. The minimum absolute atomic E-state index is 0.0103. The van der Waals surface area contributed by atoms with Crippen molar-refractivity contribution >= 4 is 41.9 Å². The number of carbonyl (C=O) groups excluding carboxylic acids is 2. The van der Waals surface area contributed by atoms with Crippen LogP contribution >= 0.6 is 10.7 Å². The highest BCUT2D eigenvalue weighted by molar-refractivity contribution is 8.13. The molecule has 0 aromatic heterocycles. The summed E-state index contributed by atoms with van der Waals surface area (Å²) in [6.45, 7) is 5.67. The van der Waals surface area contributed by atoms with Gasteiger partial charge in [0.25, 0.3) is 0 Å². The van der Waals surface area contributed by atoms with Crippen molar-refractivity contribution in [1.29, 1.82) is 0 Å². The number of amides is 2. The van der Waals surface area contributed by atoms with Gasteiger partial charge in [-0.3, -0.25) is 0 Å². The molecule has 2 aromatic carbocycles. The van der Waals surface area contributed by atoms with Gasteiger partial charge in [-0.1, -0.05) is 60.7 Å². The van der Waals surface area contributed by atoms with Crippen LogP contribution in [-0.4, -0.2) is 70.5 Å². The smallest absolute Gasteiger partial charge is 0.407 e. The van der Waals surface area contributed by atoms with E-state index in [-0.39, 0.29) is 37.8 Å². The minimum atomic E-state index is -3.58. The fraction of sp³-hybridized carbons (Fsp3) is 0.440. The fourth-order valence-corrected chi connectivity index (χ4v) is 4.71. The Balaban J connectivity index is 0.000000403. The molecule has 0 saturated carbocycles. The average molecular weight is 606 g/mol. The Kier molecular flexibility index (Phi) is 14.3. The molecule has 0 fully saturated rings. The molecule has 0 spiro atoms. The molecule has 2 amide bonds. The van der Waals surface area contributed by atoms with Crippen LogP contribution in [0.15, 0.2) is 60.7 Å². The number of nitrogens with zero attached hydrogens (tertiary/aromatic N) is 1. The van der Waals surface area contributed by atoms with Crippen LogP contribution in [-0.2, 0) is 41.8 Å². The number of halogens is 1. The van der Waals surface area contributed by atoms with Gasteiger partial charge in [-0.25, -0.2) is 26.4 Å². The summed E-state index contributed by atoms with van der Waals surface area (Å²) in [7, 11) is -0.502. The molecular weight excluding hydrogens is 570 g/mol. The van der Waals surface area contributed by atoms with Gasteiger partial charge in [0.2, 0.25) is 19.1 Å². The third kappa shape index (κ3) is 16.0. The van der Waals surface area contributed by atoms with Crippen molar-refractivity contribution in [2.75, 3.05) is 31.6 Å². The normalized spacial score (nSPS) is 11.6. The minimum Gasteiger partial charge on any atom is -0.445 e. The molecule has 11 nitrogen and oxygen atoms in total. The van der Waals surface area contributed by atoms with Gasteiger partial charge in [0.1, 0.15) is 13.2 Å². The van der Waals surface area contributed by atoms with Gasteiger partial charge in [-0.2, -0.15) is 4.31 Å². The van der Waals surface area contributed by atoms with E-state index < -0.39 is 36.8 Å². The molecule has 0 unspecified atom stereocenters. The van der Waals surface area contributed by atoms with Crippen LogP contribution in [0.5, 0.6) is 0 Å². The Bertz CT molecular complexity index is 1240. The maximum Gasteiger partial charge on any atom is 0.407 e. The quantitative estimate of drug-likeness (QED) is 0.370. The van der Waals surface area contributed by atoms with E-state index in [1.165, 1.54) is 11.4 Å². The van der Waals surface area contributed by atoms with Crippen LogP contribution in [0.3, 0.4) is 0 Å². The molecule has 0 saturated heterocycles. The summed E-state index contributed by atoms with van der Waals surface area (Å²) in [5.41, 5.74) is 1.23. The number of hydrogen-bond donors (Lipinski definition) is 2. The van der Waals surface area contributed by atoms with Crippen LogP contribution in [0.1, 0.15) is 31.9 Å². The van der Waals surface area contributed by atoms with Crippen molar-refractivity contribution in [1.82, 2.24) is 14.9 Å². The number of ether oxygens (including phenoxy) is 2. The lowest BCUT2D eigenvalue weighted by Gasteiger charge is -2.30. The predicted molar refractivity (Wildman–Crippen MR) is 150 cm³/mol. The first-order chi connectivity index (χ1) is 18.1. The van der Waals surface area contributed by atoms with Gasteiger partial charge < -0.3 is 20.1 Å². The van der Waals surface area contributed by atoms with Crippen molar-refractivity contribution in [2.45, 2.75) is 39.5 Å². The number of rotatable bonds is 11. The van der Waals surface area contributed by atoms with Crippen LogP contribution < -0.4 is 10.6 Å². The second kappa shape index (κ2) is 16.3. The van der Waals surface area contributed by atoms with Gasteiger partial charge in [-0.05, 0) is 31.9 Å². The molecule has 0 aliphatic rings. The Morgan fingerprint density at radius 2 is 1.15 bits per heavy atom. The Labute approximate surface area is 235 Å². The van der Waals surface area contributed by atoms with Crippen molar-refractivity contribution < 1.29 is 35.9 Å². The van der Waals surface area contributed by atoms with Crippen LogP contribution in [0.2, 0.25) is 0 Å². The van der Waals surface area contributed by atoms with Crippen LogP contribution in [0, 0.1) is 0 Å². The molecule has 0 bridgehead atoms. The maximum absolute atomic E-state index is 12.1. The number of hydrogen-bond acceptors (Lipinski definition) is 8. The fourth-order valence-electron chi connectivity index (χ4n) is 2.66. The third-order valence-electron chi connectivity index (χ3n) is 5.03. The summed E-state index contributed by atoms with van der Waals surface area (Å²) in [4.78, 5) is 22.7. The van der Waals surface area contributed by atoms with E-state index in [0.717, 1.165) is 11.1 Å². The van der Waals surface area contributed by atoms with E-state index in [1.807, 2.05) is 81.4 Å². The molecule has 0 aliphatic heterocycles. The summed E-state index contributed by atoms with van der Waals surface area (Å²) in [5.74, 6) is -0.490. The topological polar surface area (TPSA) is 148 Å². The number of benzene rings is 2. The first kappa shape index (κ1) is 34.2. The van der Waals surface area contributed by atoms with Gasteiger partial charge in [0.05, 0.1) is 11.5 Å².